The van der Waals surface area contributed by atoms with Gasteiger partial charge in [-0.2, -0.15) is 0 Å². The van der Waals surface area contributed by atoms with Crippen molar-refractivity contribution in [3.05, 3.63) is 38.4 Å². The van der Waals surface area contributed by atoms with Crippen molar-refractivity contribution in [3.63, 3.8) is 0 Å². The largest absolute Gasteiger partial charge is 0.366 e. The highest BCUT2D eigenvalue weighted by molar-refractivity contribution is 7.18. The van der Waals surface area contributed by atoms with Gasteiger partial charge in [0.05, 0.1) is 14.8 Å². The maximum absolute atomic E-state index is 11.8. The summed E-state index contributed by atoms with van der Waals surface area (Å²) >= 11 is 8.16. The van der Waals surface area contributed by atoms with Crippen LogP contribution in [0, 0.1) is 0 Å². The van der Waals surface area contributed by atoms with Crippen LogP contribution < -0.4 is 11.1 Å². The fraction of sp³-hybridized carbons (Fsp3) is 0. The van der Waals surface area contributed by atoms with Crippen molar-refractivity contribution >= 4 is 51.1 Å². The zero-order valence-electron chi connectivity index (χ0n) is 8.40. The Hall–Kier alpha value is -1.37. The lowest BCUT2D eigenvalue weighted by molar-refractivity contribution is 0.100. The van der Waals surface area contributed by atoms with E-state index in [4.69, 9.17) is 17.3 Å². The van der Waals surface area contributed by atoms with Crippen molar-refractivity contribution in [1.29, 1.82) is 0 Å². The van der Waals surface area contributed by atoms with Crippen LogP contribution in [0.2, 0.25) is 4.34 Å². The summed E-state index contributed by atoms with van der Waals surface area (Å²) in [5, 5.41) is 4.77. The molecule has 0 unspecified atom stereocenters. The molecule has 2 aromatic heterocycles. The molecule has 0 atom stereocenters. The van der Waals surface area contributed by atoms with Gasteiger partial charge in [-0.1, -0.05) is 11.6 Å². The summed E-state index contributed by atoms with van der Waals surface area (Å²) in [5.74, 6) is -0.863. The molecule has 0 saturated heterocycles. The van der Waals surface area contributed by atoms with Crippen molar-refractivity contribution in [2.45, 2.75) is 0 Å². The molecular formula is C10H7ClN2O2S2. The molecule has 7 heteroatoms. The average molecular weight is 287 g/mol. The molecule has 2 heterocycles. The van der Waals surface area contributed by atoms with Crippen LogP contribution in [0.4, 0.5) is 5.00 Å². The van der Waals surface area contributed by atoms with Gasteiger partial charge in [-0.15, -0.1) is 22.7 Å². The molecular weight excluding hydrogens is 280 g/mol. The number of carbonyl (C=O) groups is 2. The van der Waals surface area contributed by atoms with Crippen LogP contribution in [0.5, 0.6) is 0 Å². The first-order chi connectivity index (χ1) is 8.08. The Morgan fingerprint density at radius 3 is 2.65 bits per heavy atom. The molecule has 4 nitrogen and oxygen atoms in total. The van der Waals surface area contributed by atoms with E-state index >= 15 is 0 Å². The lowest BCUT2D eigenvalue weighted by atomic mass is 10.3. The smallest absolute Gasteiger partial charge is 0.266 e. The molecule has 3 N–H and O–H groups in total. The van der Waals surface area contributed by atoms with Gasteiger partial charge in [-0.3, -0.25) is 9.59 Å². The van der Waals surface area contributed by atoms with E-state index in [2.05, 4.69) is 5.32 Å². The van der Waals surface area contributed by atoms with Crippen LogP contribution in [0.1, 0.15) is 20.0 Å². The summed E-state index contributed by atoms with van der Waals surface area (Å²) in [7, 11) is 0. The predicted molar refractivity (Wildman–Crippen MR) is 70.1 cm³/mol. The Morgan fingerprint density at radius 1 is 1.29 bits per heavy atom. The Kier molecular flexibility index (Phi) is 3.46. The minimum atomic E-state index is -0.564. The van der Waals surface area contributed by atoms with E-state index in [0.29, 0.717) is 19.8 Å². The third kappa shape index (κ3) is 2.66. The lowest BCUT2D eigenvalue weighted by Gasteiger charge is -2.02. The molecule has 2 rings (SSSR count). The van der Waals surface area contributed by atoms with Gasteiger partial charge in [0, 0.05) is 0 Å². The number of carbonyl (C=O) groups excluding carboxylic acids is 2. The van der Waals surface area contributed by atoms with Gasteiger partial charge in [-0.05, 0) is 23.6 Å². The fourth-order valence-electron chi connectivity index (χ4n) is 1.20. The van der Waals surface area contributed by atoms with Crippen molar-refractivity contribution in [3.8, 4) is 0 Å². The molecule has 17 heavy (non-hydrogen) atoms. The van der Waals surface area contributed by atoms with Gasteiger partial charge in [-0.25, -0.2) is 0 Å². The van der Waals surface area contributed by atoms with E-state index in [1.165, 1.54) is 22.7 Å². The number of hydrogen-bond acceptors (Lipinski definition) is 4. The van der Waals surface area contributed by atoms with Crippen LogP contribution >= 0.6 is 34.3 Å². The second kappa shape index (κ2) is 4.87. The number of primary amides is 1. The zero-order valence-corrected chi connectivity index (χ0v) is 10.8. The van der Waals surface area contributed by atoms with E-state index in [-0.39, 0.29) is 5.91 Å². The maximum atomic E-state index is 11.8. The second-order valence-corrected chi connectivity index (χ2v) is 5.72. The van der Waals surface area contributed by atoms with Gasteiger partial charge in [0.15, 0.2) is 0 Å². The molecule has 0 radical (unpaired) electrons. The molecule has 2 aromatic rings. The molecule has 0 bridgehead atoms. The topological polar surface area (TPSA) is 72.2 Å². The first-order valence-corrected chi connectivity index (χ1v) is 6.59. The molecule has 0 fully saturated rings. The molecule has 0 aliphatic heterocycles. The Labute approximate surface area is 110 Å². The van der Waals surface area contributed by atoms with Crippen molar-refractivity contribution in [2.75, 3.05) is 5.32 Å². The summed E-state index contributed by atoms with van der Waals surface area (Å²) < 4.78 is 0.538. The van der Waals surface area contributed by atoms with Crippen molar-refractivity contribution in [1.82, 2.24) is 0 Å². The third-order valence-electron chi connectivity index (χ3n) is 1.95. The summed E-state index contributed by atoms with van der Waals surface area (Å²) in [5.41, 5.74) is 5.49. The lowest BCUT2D eigenvalue weighted by Crippen LogP contribution is -2.15. The van der Waals surface area contributed by atoms with Crippen LogP contribution in [-0.2, 0) is 0 Å². The first-order valence-electron chi connectivity index (χ1n) is 4.52. The van der Waals surface area contributed by atoms with Crippen LogP contribution in [0.15, 0.2) is 23.6 Å². The van der Waals surface area contributed by atoms with E-state index in [9.17, 15) is 9.59 Å². The highest BCUT2D eigenvalue weighted by Crippen LogP contribution is 2.26. The number of nitrogens with two attached hydrogens (primary N) is 1. The molecule has 0 spiro atoms. The van der Waals surface area contributed by atoms with Crippen LogP contribution in [0.3, 0.4) is 0 Å². The normalized spacial score (nSPS) is 10.2. The standard InChI is InChI=1S/C10H7ClN2O2S2/c11-7-2-1-6(17-7)9(15)13-10-5(8(12)14)3-4-16-10/h1-4H,(H2,12,14)(H,13,15). The Balaban J connectivity index is 2.18. The minimum Gasteiger partial charge on any atom is -0.366 e. The SMILES string of the molecule is NC(=O)c1ccsc1NC(=O)c1ccc(Cl)s1. The molecule has 0 aliphatic rings. The quantitative estimate of drug-likeness (QED) is 0.910. The number of thiophene rings is 2. The summed E-state index contributed by atoms with van der Waals surface area (Å²) in [6.45, 7) is 0. The highest BCUT2D eigenvalue weighted by Gasteiger charge is 2.14. The van der Waals surface area contributed by atoms with Gasteiger partial charge >= 0.3 is 0 Å². The third-order valence-corrected chi connectivity index (χ3v) is 4.01. The van der Waals surface area contributed by atoms with E-state index in [0.717, 1.165) is 0 Å². The zero-order chi connectivity index (χ0) is 12.4. The molecule has 0 aliphatic carbocycles. The predicted octanol–water partition coefficient (Wildman–Crippen LogP) is 2.81. The van der Waals surface area contributed by atoms with E-state index < -0.39 is 5.91 Å². The van der Waals surface area contributed by atoms with Crippen LogP contribution in [0.25, 0.3) is 0 Å². The number of rotatable bonds is 3. The van der Waals surface area contributed by atoms with E-state index in [1.54, 1.807) is 23.6 Å². The summed E-state index contributed by atoms with van der Waals surface area (Å²) in [6.07, 6.45) is 0. The van der Waals surface area contributed by atoms with Gasteiger partial charge in [0.1, 0.15) is 5.00 Å². The van der Waals surface area contributed by atoms with Gasteiger partial charge in [0.2, 0.25) is 0 Å². The Bertz CT molecular complexity index is 576. The molecule has 0 saturated carbocycles. The number of amides is 2. The second-order valence-electron chi connectivity index (χ2n) is 3.09. The number of hydrogen-bond donors (Lipinski definition) is 2. The van der Waals surface area contributed by atoms with Crippen LogP contribution in [-0.4, -0.2) is 11.8 Å². The summed E-state index contributed by atoms with van der Waals surface area (Å²) in [6, 6.07) is 4.84. The molecule has 0 aromatic carbocycles. The monoisotopic (exact) mass is 286 g/mol. The Morgan fingerprint density at radius 2 is 2.06 bits per heavy atom. The molecule has 2 amide bonds. The number of nitrogens with one attached hydrogen (secondary N) is 1. The first kappa shape index (κ1) is 12.1. The van der Waals surface area contributed by atoms with Gasteiger partial charge in [0.25, 0.3) is 11.8 Å². The molecule has 88 valence electrons. The number of halogens is 1. The van der Waals surface area contributed by atoms with Crippen molar-refractivity contribution in [2.24, 2.45) is 5.73 Å². The number of anilines is 1. The van der Waals surface area contributed by atoms with Crippen molar-refractivity contribution < 1.29 is 9.59 Å². The maximum Gasteiger partial charge on any atom is 0.266 e. The average Bonchev–Trinajstić information content (AvgIpc) is 2.86. The minimum absolute atomic E-state index is 0.299. The highest BCUT2D eigenvalue weighted by atomic mass is 35.5. The fourth-order valence-corrected chi connectivity index (χ4v) is 2.93. The van der Waals surface area contributed by atoms with E-state index in [1.807, 2.05) is 0 Å². The summed E-state index contributed by atoms with van der Waals surface area (Å²) in [4.78, 5) is 23.3. The van der Waals surface area contributed by atoms with Gasteiger partial charge < -0.3 is 11.1 Å².